The van der Waals surface area contributed by atoms with Crippen molar-refractivity contribution in [2.75, 3.05) is 45.1 Å². The summed E-state index contributed by atoms with van der Waals surface area (Å²) in [6.45, 7) is 5.30. The second-order valence-corrected chi connectivity index (χ2v) is 9.10. The lowest BCUT2D eigenvalue weighted by Crippen LogP contribution is -2.48. The molecule has 0 aliphatic carbocycles. The molecule has 0 saturated carbocycles. The highest BCUT2D eigenvalue weighted by Crippen LogP contribution is 2.31. The number of benzene rings is 1. The van der Waals surface area contributed by atoms with E-state index in [1.54, 1.807) is 17.7 Å². The van der Waals surface area contributed by atoms with Crippen LogP contribution in [0.25, 0.3) is 10.2 Å². The van der Waals surface area contributed by atoms with Gasteiger partial charge in [-0.05, 0) is 29.1 Å². The van der Waals surface area contributed by atoms with Gasteiger partial charge in [0.1, 0.15) is 29.4 Å². The summed E-state index contributed by atoms with van der Waals surface area (Å²) in [5, 5.41) is 3.92. The van der Waals surface area contributed by atoms with Crippen molar-refractivity contribution in [3.8, 4) is 11.5 Å². The average molecular weight is 443 g/mol. The van der Waals surface area contributed by atoms with Crippen LogP contribution in [0.1, 0.15) is 5.56 Å². The Labute approximate surface area is 183 Å². The molecular weight excluding hydrogens is 420 g/mol. The SMILES string of the molecule is O=C(CSc1ncnc2sccc12)N1CCN(Cc2ccc3c(c2)OCCO3)CC1. The Balaban J connectivity index is 1.12. The molecule has 0 radical (unpaired) electrons. The predicted octanol–water partition coefficient (Wildman–Crippen LogP) is 2.90. The van der Waals surface area contributed by atoms with Gasteiger partial charge < -0.3 is 14.4 Å². The fraction of sp³-hybridized carbons (Fsp3) is 0.381. The summed E-state index contributed by atoms with van der Waals surface area (Å²) >= 11 is 3.09. The number of carbonyl (C=O) groups is 1. The van der Waals surface area contributed by atoms with Gasteiger partial charge in [-0.1, -0.05) is 17.8 Å². The largest absolute Gasteiger partial charge is 0.486 e. The molecule has 4 heterocycles. The Hall–Kier alpha value is -2.36. The molecular formula is C21H22N4O3S2. The van der Waals surface area contributed by atoms with Gasteiger partial charge in [0, 0.05) is 38.1 Å². The van der Waals surface area contributed by atoms with E-state index in [1.165, 1.54) is 17.3 Å². The third-order valence-corrected chi connectivity index (χ3v) is 7.11. The molecule has 3 aromatic rings. The van der Waals surface area contributed by atoms with Crippen molar-refractivity contribution in [2.24, 2.45) is 0 Å². The molecule has 5 rings (SSSR count). The van der Waals surface area contributed by atoms with E-state index >= 15 is 0 Å². The number of ether oxygens (including phenoxy) is 2. The van der Waals surface area contributed by atoms with Crippen molar-refractivity contribution < 1.29 is 14.3 Å². The number of piperazine rings is 1. The highest BCUT2D eigenvalue weighted by Gasteiger charge is 2.22. The van der Waals surface area contributed by atoms with Gasteiger partial charge >= 0.3 is 0 Å². The normalized spacial score (nSPS) is 16.7. The Bertz CT molecular complexity index is 1050. The maximum absolute atomic E-state index is 12.7. The number of carbonyl (C=O) groups excluding carboxylic acids is 1. The van der Waals surface area contributed by atoms with Gasteiger partial charge in [0.25, 0.3) is 0 Å². The van der Waals surface area contributed by atoms with E-state index in [4.69, 9.17) is 9.47 Å². The molecule has 2 aliphatic rings. The van der Waals surface area contributed by atoms with E-state index in [9.17, 15) is 4.79 Å². The second kappa shape index (κ2) is 8.79. The van der Waals surface area contributed by atoms with Crippen LogP contribution >= 0.6 is 23.1 Å². The zero-order valence-electron chi connectivity index (χ0n) is 16.5. The minimum Gasteiger partial charge on any atom is -0.486 e. The summed E-state index contributed by atoms with van der Waals surface area (Å²) in [5.74, 6) is 2.22. The first-order valence-electron chi connectivity index (χ1n) is 9.96. The van der Waals surface area contributed by atoms with Gasteiger partial charge in [0.15, 0.2) is 11.5 Å². The lowest BCUT2D eigenvalue weighted by atomic mass is 10.1. The summed E-state index contributed by atoms with van der Waals surface area (Å²) < 4.78 is 11.3. The first-order chi connectivity index (χ1) is 14.8. The number of amides is 1. The summed E-state index contributed by atoms with van der Waals surface area (Å²) in [6.07, 6.45) is 1.57. The molecule has 1 aromatic carbocycles. The standard InChI is InChI=1S/C21H22N4O3S2/c26-19(13-30-21-16-3-10-29-20(16)22-14-23-21)25-6-4-24(5-7-25)12-15-1-2-17-18(11-15)28-9-8-27-17/h1-3,10-11,14H,4-9,12-13H2. The predicted molar refractivity (Wildman–Crippen MR) is 117 cm³/mol. The van der Waals surface area contributed by atoms with Gasteiger partial charge in [0.2, 0.25) is 5.91 Å². The molecule has 1 amide bonds. The summed E-state index contributed by atoms with van der Waals surface area (Å²) in [7, 11) is 0. The molecule has 0 unspecified atom stereocenters. The highest BCUT2D eigenvalue weighted by atomic mass is 32.2. The van der Waals surface area contributed by atoms with Gasteiger partial charge in [-0.3, -0.25) is 9.69 Å². The highest BCUT2D eigenvalue weighted by molar-refractivity contribution is 8.00. The van der Waals surface area contributed by atoms with Crippen LogP contribution in [-0.4, -0.2) is 70.8 Å². The molecule has 156 valence electrons. The van der Waals surface area contributed by atoms with Crippen LogP contribution in [0.15, 0.2) is 41.0 Å². The molecule has 1 fully saturated rings. The van der Waals surface area contributed by atoms with E-state index in [0.29, 0.717) is 19.0 Å². The van der Waals surface area contributed by atoms with Gasteiger partial charge in [-0.25, -0.2) is 9.97 Å². The molecule has 0 atom stereocenters. The summed E-state index contributed by atoms with van der Waals surface area (Å²) in [6, 6.07) is 8.16. The number of nitrogens with zero attached hydrogens (tertiary/aromatic N) is 4. The molecule has 0 spiro atoms. The minimum atomic E-state index is 0.168. The number of thioether (sulfide) groups is 1. The average Bonchev–Trinajstić information content (AvgIpc) is 3.27. The number of rotatable bonds is 5. The first-order valence-corrected chi connectivity index (χ1v) is 11.8. The Morgan fingerprint density at radius 1 is 1.07 bits per heavy atom. The minimum absolute atomic E-state index is 0.168. The number of aromatic nitrogens is 2. The first kappa shape index (κ1) is 19.6. The lowest BCUT2D eigenvalue weighted by molar-refractivity contribution is -0.130. The third-order valence-electron chi connectivity index (χ3n) is 5.30. The Morgan fingerprint density at radius 3 is 2.77 bits per heavy atom. The number of hydrogen-bond acceptors (Lipinski definition) is 8. The zero-order valence-corrected chi connectivity index (χ0v) is 18.1. The fourth-order valence-corrected chi connectivity index (χ4v) is 5.39. The number of thiophene rings is 1. The lowest BCUT2D eigenvalue weighted by Gasteiger charge is -2.34. The maximum atomic E-state index is 12.7. The molecule has 1 saturated heterocycles. The van der Waals surface area contributed by atoms with E-state index in [1.807, 2.05) is 22.4 Å². The van der Waals surface area contributed by atoms with E-state index in [-0.39, 0.29) is 5.91 Å². The van der Waals surface area contributed by atoms with Crippen LogP contribution < -0.4 is 9.47 Å². The van der Waals surface area contributed by atoms with Gasteiger partial charge in [-0.15, -0.1) is 11.3 Å². The topological polar surface area (TPSA) is 67.8 Å². The van der Waals surface area contributed by atoms with Crippen molar-refractivity contribution >= 4 is 39.2 Å². The van der Waals surface area contributed by atoms with Crippen LogP contribution in [0.2, 0.25) is 0 Å². The zero-order chi connectivity index (χ0) is 20.3. The third kappa shape index (κ3) is 4.23. The summed E-state index contributed by atoms with van der Waals surface area (Å²) in [4.78, 5) is 26.6. The van der Waals surface area contributed by atoms with Crippen molar-refractivity contribution in [2.45, 2.75) is 11.6 Å². The van der Waals surface area contributed by atoms with Gasteiger partial charge in [-0.2, -0.15) is 0 Å². The quantitative estimate of drug-likeness (QED) is 0.445. The fourth-order valence-electron chi connectivity index (χ4n) is 3.70. The van der Waals surface area contributed by atoms with Crippen molar-refractivity contribution in [1.82, 2.24) is 19.8 Å². The molecule has 2 aromatic heterocycles. The second-order valence-electron chi connectivity index (χ2n) is 7.24. The summed E-state index contributed by atoms with van der Waals surface area (Å²) in [5.41, 5.74) is 1.21. The molecule has 0 N–H and O–H groups in total. The Morgan fingerprint density at radius 2 is 1.90 bits per heavy atom. The maximum Gasteiger partial charge on any atom is 0.233 e. The molecule has 2 aliphatic heterocycles. The van der Waals surface area contributed by atoms with Crippen LogP contribution in [0.5, 0.6) is 11.5 Å². The van der Waals surface area contributed by atoms with E-state index < -0.39 is 0 Å². The van der Waals surface area contributed by atoms with Crippen molar-refractivity contribution in [3.05, 3.63) is 41.5 Å². The molecule has 9 heteroatoms. The Kier molecular flexibility index (Phi) is 5.74. The number of hydrogen-bond donors (Lipinski definition) is 0. The number of fused-ring (bicyclic) bond motifs is 2. The smallest absolute Gasteiger partial charge is 0.233 e. The monoisotopic (exact) mass is 442 g/mol. The van der Waals surface area contributed by atoms with E-state index in [2.05, 4.69) is 27.0 Å². The van der Waals surface area contributed by atoms with Crippen molar-refractivity contribution in [1.29, 1.82) is 0 Å². The van der Waals surface area contributed by atoms with Crippen LogP contribution in [0.3, 0.4) is 0 Å². The van der Waals surface area contributed by atoms with E-state index in [0.717, 1.165) is 59.5 Å². The molecule has 7 nitrogen and oxygen atoms in total. The van der Waals surface area contributed by atoms with Crippen LogP contribution in [0.4, 0.5) is 0 Å². The van der Waals surface area contributed by atoms with Crippen LogP contribution in [-0.2, 0) is 11.3 Å². The van der Waals surface area contributed by atoms with Crippen LogP contribution in [0, 0.1) is 0 Å². The van der Waals surface area contributed by atoms with Gasteiger partial charge in [0.05, 0.1) is 5.75 Å². The molecule has 30 heavy (non-hydrogen) atoms. The van der Waals surface area contributed by atoms with Crippen molar-refractivity contribution in [3.63, 3.8) is 0 Å². The molecule has 0 bridgehead atoms.